The van der Waals surface area contributed by atoms with E-state index in [2.05, 4.69) is 107 Å². The van der Waals surface area contributed by atoms with Crippen LogP contribution in [0.15, 0.2) is 97.1 Å². The summed E-state index contributed by atoms with van der Waals surface area (Å²) in [6, 6.07) is 30.6. The third-order valence-corrected chi connectivity index (χ3v) is 11.8. The topological polar surface area (TPSA) is 0 Å². The standard InChI is InChI=1S/C29H41.C15H8F6.C5H5.2ClH.Hf/c1-26(2,3)22-14-18-13-19-15-23(27(4,5)6)25(29(10,11)12)17-21(19)20(18)16-24(22)28(7,8)9;16-14(17,18)12-5-1-3-10(8-12)7-11-4-2-6-13(9-11)15(19,20)21;1-2-4-5-3-1;;;/h14,16-17H,13H2,1-12H3;1-6,8-9H;1-5H;2*1H;/q-1;;-1;;;+2/p-2. The summed E-state index contributed by atoms with van der Waals surface area (Å²) >= 11 is 0.316. The second kappa shape index (κ2) is 18.8. The van der Waals surface area contributed by atoms with Gasteiger partial charge in [0.1, 0.15) is 0 Å². The summed E-state index contributed by atoms with van der Waals surface area (Å²) < 4.78 is 76.7. The molecule has 0 amide bonds. The Labute approximate surface area is 369 Å². The molecule has 0 spiro atoms. The van der Waals surface area contributed by atoms with Gasteiger partial charge in [0.05, 0.1) is 0 Å². The predicted octanol–water partition coefficient (Wildman–Crippen LogP) is 8.50. The van der Waals surface area contributed by atoms with Gasteiger partial charge >= 0.3 is 137 Å². The molecule has 0 aliphatic heterocycles. The Morgan fingerprint density at radius 2 is 0.948 bits per heavy atom. The van der Waals surface area contributed by atoms with E-state index in [1.54, 1.807) is 0 Å². The number of benzene rings is 4. The van der Waals surface area contributed by atoms with Crippen molar-refractivity contribution in [3.05, 3.63) is 159 Å². The summed E-state index contributed by atoms with van der Waals surface area (Å²) in [4.78, 5) is 0. The number of hydrogen-bond acceptors (Lipinski definition) is 0. The molecule has 6 rings (SSSR count). The van der Waals surface area contributed by atoms with E-state index in [0.29, 0.717) is 38.3 Å². The molecule has 0 nitrogen and oxygen atoms in total. The predicted molar refractivity (Wildman–Crippen MR) is 216 cm³/mol. The van der Waals surface area contributed by atoms with E-state index in [1.807, 2.05) is 30.3 Å². The molecule has 0 heterocycles. The number of rotatable bonds is 2. The largest absolute Gasteiger partial charge is 1.00 e. The molecular weight excluding hydrogens is 952 g/mol. The van der Waals surface area contributed by atoms with E-state index >= 15 is 0 Å². The van der Waals surface area contributed by atoms with Crippen LogP contribution < -0.4 is 24.8 Å². The number of halogens is 8. The van der Waals surface area contributed by atoms with Crippen molar-refractivity contribution in [2.24, 2.45) is 0 Å². The third kappa shape index (κ3) is 12.8. The van der Waals surface area contributed by atoms with E-state index in [4.69, 9.17) is 0 Å². The Bertz CT molecular complexity index is 1990. The Balaban J connectivity index is 0.000000354. The minimum absolute atomic E-state index is 0. The van der Waals surface area contributed by atoms with Crippen molar-refractivity contribution >= 4 is 3.26 Å². The molecule has 9 heteroatoms. The van der Waals surface area contributed by atoms with Crippen molar-refractivity contribution < 1.29 is 75.0 Å². The van der Waals surface area contributed by atoms with Crippen LogP contribution in [0.2, 0.25) is 0 Å². The van der Waals surface area contributed by atoms with Gasteiger partial charge in [-0.25, -0.2) is 12.1 Å². The zero-order valence-electron chi connectivity index (χ0n) is 35.5. The van der Waals surface area contributed by atoms with Gasteiger partial charge in [-0.15, -0.1) is 16.7 Å². The van der Waals surface area contributed by atoms with Crippen LogP contribution in [0.4, 0.5) is 26.3 Å². The van der Waals surface area contributed by atoms with E-state index < -0.39 is 23.5 Å². The van der Waals surface area contributed by atoms with E-state index in [1.165, 1.54) is 68.8 Å². The second-order valence-corrected chi connectivity index (χ2v) is 20.5. The van der Waals surface area contributed by atoms with Crippen LogP contribution in [0.1, 0.15) is 139 Å². The van der Waals surface area contributed by atoms with Crippen molar-refractivity contribution in [1.29, 1.82) is 0 Å². The van der Waals surface area contributed by atoms with E-state index in [9.17, 15) is 26.3 Å². The molecule has 0 N–H and O–H groups in total. The van der Waals surface area contributed by atoms with Gasteiger partial charge in [0.2, 0.25) is 0 Å². The molecule has 1 aliphatic carbocycles. The molecule has 0 radical (unpaired) electrons. The van der Waals surface area contributed by atoms with Gasteiger partial charge in [0.25, 0.3) is 0 Å². The Hall–Kier alpha value is -2.87. The Morgan fingerprint density at radius 1 is 0.534 bits per heavy atom. The van der Waals surface area contributed by atoms with E-state index in [0.717, 1.165) is 30.7 Å². The molecule has 0 saturated carbocycles. The van der Waals surface area contributed by atoms with Crippen molar-refractivity contribution in [3.8, 4) is 11.1 Å². The van der Waals surface area contributed by atoms with Crippen LogP contribution in [-0.4, -0.2) is 3.26 Å². The first-order valence-electron chi connectivity index (χ1n) is 18.9. The van der Waals surface area contributed by atoms with E-state index in [-0.39, 0.29) is 46.5 Å². The molecule has 0 aromatic heterocycles. The molecule has 0 bridgehead atoms. The maximum Gasteiger partial charge on any atom is -0.172 e. The normalized spacial score (nSPS) is 12.8. The number of hydrogen-bond donors (Lipinski definition) is 0. The van der Waals surface area contributed by atoms with Crippen molar-refractivity contribution in [3.63, 3.8) is 0 Å². The summed E-state index contributed by atoms with van der Waals surface area (Å²) in [5.74, 6) is 0. The first kappa shape index (κ1) is 51.3. The Morgan fingerprint density at radius 3 is 1.31 bits per heavy atom. The summed E-state index contributed by atoms with van der Waals surface area (Å²) in [5, 5.41) is 0. The van der Waals surface area contributed by atoms with Crippen molar-refractivity contribution in [2.75, 3.05) is 0 Å². The minimum Gasteiger partial charge on any atom is -1.00 e. The molecule has 312 valence electrons. The average Bonchev–Trinajstić information content (AvgIpc) is 3.77. The van der Waals surface area contributed by atoms with Crippen LogP contribution >= 0.6 is 0 Å². The maximum atomic E-state index is 12.7. The second-order valence-electron chi connectivity index (χ2n) is 18.7. The van der Waals surface area contributed by atoms with Crippen LogP contribution in [0.3, 0.4) is 0 Å². The van der Waals surface area contributed by atoms with Crippen LogP contribution in [0.25, 0.3) is 11.1 Å². The van der Waals surface area contributed by atoms with Crippen molar-refractivity contribution in [2.45, 2.75) is 124 Å². The monoisotopic (exact) mass is 1010 g/mol. The summed E-state index contributed by atoms with van der Waals surface area (Å²) in [6.07, 6.45) is -7.96. The molecule has 0 fully saturated rings. The zero-order chi connectivity index (χ0) is 42.2. The molecule has 0 saturated heterocycles. The summed E-state index contributed by atoms with van der Waals surface area (Å²) in [5.41, 5.74) is 10.9. The van der Waals surface area contributed by atoms with Gasteiger partial charge in [-0.1, -0.05) is 106 Å². The van der Waals surface area contributed by atoms with Gasteiger partial charge in [-0.2, -0.15) is 35.9 Å². The molecule has 5 aromatic carbocycles. The van der Waals surface area contributed by atoms with Gasteiger partial charge < -0.3 is 24.8 Å². The summed E-state index contributed by atoms with van der Waals surface area (Å²) in [6.45, 7) is 28.0. The van der Waals surface area contributed by atoms with Gasteiger partial charge in [0, 0.05) is 0 Å². The number of alkyl halides is 6. The Kier molecular flexibility index (Phi) is 16.6. The molecule has 1 aliphatic rings. The van der Waals surface area contributed by atoms with Crippen LogP contribution in [0, 0.1) is 6.07 Å². The average molecular weight is 1010 g/mol. The molecule has 58 heavy (non-hydrogen) atoms. The van der Waals surface area contributed by atoms with Gasteiger partial charge in [-0.3, -0.25) is 0 Å². The fourth-order valence-electron chi connectivity index (χ4n) is 6.81. The quantitative estimate of drug-likeness (QED) is 0.0929. The SMILES string of the molecule is CC(C)(C)c1[c-]c2c(cc1C(C)(C)C)-c1cc(C(C)(C)C)c(C(C)(C)C)cc1C2.FC(F)(F)c1cccc([C](=[Hf+2])c2cccc(C(F)(F)F)c2)c1.[Cl-].[Cl-].c1cc[cH-]c1. The third-order valence-electron chi connectivity index (χ3n) is 9.75. The summed E-state index contributed by atoms with van der Waals surface area (Å²) in [7, 11) is 0. The van der Waals surface area contributed by atoms with Crippen molar-refractivity contribution in [1.82, 2.24) is 0 Å². The van der Waals surface area contributed by atoms with Gasteiger partial charge in [-0.05, 0) is 39.4 Å². The molecule has 5 aromatic rings. The molecule has 0 unspecified atom stereocenters. The maximum absolute atomic E-state index is 12.7. The first-order chi connectivity index (χ1) is 25.5. The zero-order valence-corrected chi connectivity index (χ0v) is 40.6. The first-order valence-corrected chi connectivity index (χ1v) is 20.7. The van der Waals surface area contributed by atoms with Gasteiger partial charge in [0.15, 0.2) is 0 Å². The van der Waals surface area contributed by atoms with Crippen LogP contribution in [0.5, 0.6) is 0 Å². The molecular formula is C49H54Cl2F6Hf-2. The minimum atomic E-state index is -4.48. The smallest absolute Gasteiger partial charge is 0.172 e. The van der Waals surface area contributed by atoms with Crippen LogP contribution in [-0.2, 0) is 64.3 Å². The fraction of sp³-hybridized carbons (Fsp3) is 0.388. The number of fused-ring (bicyclic) bond motifs is 3. The molecule has 0 atom stereocenters. The fourth-order valence-corrected chi connectivity index (χ4v) is 7.93.